The molecule has 0 bridgehead atoms. The van der Waals surface area contributed by atoms with E-state index in [4.69, 9.17) is 0 Å². The molecule has 2 nitrogen and oxygen atoms in total. The van der Waals surface area contributed by atoms with Gasteiger partial charge >= 0.3 is 0 Å². The molecule has 0 saturated heterocycles. The molecular weight excluding hydrogens is 192 g/mol. The van der Waals surface area contributed by atoms with E-state index in [0.29, 0.717) is 0 Å². The van der Waals surface area contributed by atoms with Crippen LogP contribution < -0.4 is 5.32 Å². The van der Waals surface area contributed by atoms with Gasteiger partial charge in [-0.2, -0.15) is 0 Å². The van der Waals surface area contributed by atoms with Gasteiger partial charge in [0.25, 0.3) is 0 Å². The molecule has 1 rings (SSSR count). The summed E-state index contributed by atoms with van der Waals surface area (Å²) in [7, 11) is 0. The summed E-state index contributed by atoms with van der Waals surface area (Å²) < 4.78 is 0. The van der Waals surface area contributed by atoms with Crippen LogP contribution >= 0.6 is 11.3 Å². The maximum Gasteiger partial charge on any atom is 0.0941 e. The number of likely N-dealkylation sites (N-methyl/N-ethyl adjacent to an activating group) is 1. The predicted molar refractivity (Wildman–Crippen MR) is 63.1 cm³/mol. The van der Waals surface area contributed by atoms with Gasteiger partial charge in [0.1, 0.15) is 0 Å². The second kappa shape index (κ2) is 4.89. The van der Waals surface area contributed by atoms with Crippen LogP contribution in [0.15, 0.2) is 5.38 Å². The van der Waals surface area contributed by atoms with Crippen molar-refractivity contribution in [2.24, 2.45) is 0 Å². The average Bonchev–Trinajstić information content (AvgIpc) is 2.52. The molecule has 80 valence electrons. The summed E-state index contributed by atoms with van der Waals surface area (Å²) in [6.07, 6.45) is 1.05. The van der Waals surface area contributed by atoms with E-state index in [1.807, 2.05) is 0 Å². The Morgan fingerprint density at radius 3 is 2.64 bits per heavy atom. The standard InChI is InChI=1S/C11H20N2S/c1-5-12-7-6-10-13-9(8-14-10)11(2,3)4/h8,12H,5-7H2,1-4H3. The zero-order valence-electron chi connectivity index (χ0n) is 9.55. The summed E-state index contributed by atoms with van der Waals surface area (Å²) in [4.78, 5) is 4.63. The molecule has 0 aliphatic heterocycles. The molecule has 0 aliphatic carbocycles. The van der Waals surface area contributed by atoms with Crippen molar-refractivity contribution in [3.8, 4) is 0 Å². The fraction of sp³-hybridized carbons (Fsp3) is 0.727. The van der Waals surface area contributed by atoms with Crippen LogP contribution in [0.1, 0.15) is 38.4 Å². The van der Waals surface area contributed by atoms with Crippen molar-refractivity contribution >= 4 is 11.3 Å². The van der Waals surface area contributed by atoms with Crippen LogP contribution in [0.4, 0.5) is 0 Å². The maximum absolute atomic E-state index is 4.63. The normalized spacial score (nSPS) is 12.0. The maximum atomic E-state index is 4.63. The van der Waals surface area contributed by atoms with Gasteiger partial charge in [-0.15, -0.1) is 11.3 Å². The van der Waals surface area contributed by atoms with E-state index < -0.39 is 0 Å². The zero-order valence-corrected chi connectivity index (χ0v) is 10.4. The Hall–Kier alpha value is -0.410. The molecule has 14 heavy (non-hydrogen) atoms. The second-order valence-corrected chi connectivity index (χ2v) is 5.42. The highest BCUT2D eigenvalue weighted by Crippen LogP contribution is 2.23. The van der Waals surface area contributed by atoms with Crippen LogP contribution in [0, 0.1) is 0 Å². The van der Waals surface area contributed by atoms with Crippen LogP contribution in [-0.2, 0) is 11.8 Å². The largest absolute Gasteiger partial charge is 0.317 e. The van der Waals surface area contributed by atoms with E-state index >= 15 is 0 Å². The van der Waals surface area contributed by atoms with E-state index in [1.165, 1.54) is 10.7 Å². The first kappa shape index (κ1) is 11.7. The Balaban J connectivity index is 2.51. The van der Waals surface area contributed by atoms with E-state index in [1.54, 1.807) is 11.3 Å². The molecule has 0 radical (unpaired) electrons. The van der Waals surface area contributed by atoms with Gasteiger partial charge in [-0.05, 0) is 6.54 Å². The molecule has 0 atom stereocenters. The lowest BCUT2D eigenvalue weighted by Gasteiger charge is -2.14. The molecule has 0 unspecified atom stereocenters. The summed E-state index contributed by atoms with van der Waals surface area (Å²) in [6, 6.07) is 0. The van der Waals surface area contributed by atoms with Gasteiger partial charge in [-0.3, -0.25) is 0 Å². The third-order valence-corrected chi connectivity index (χ3v) is 2.99. The lowest BCUT2D eigenvalue weighted by Crippen LogP contribution is -2.16. The number of hydrogen-bond donors (Lipinski definition) is 1. The van der Waals surface area contributed by atoms with Crippen molar-refractivity contribution < 1.29 is 0 Å². The molecule has 0 aromatic carbocycles. The highest BCUT2D eigenvalue weighted by molar-refractivity contribution is 7.09. The van der Waals surface area contributed by atoms with Gasteiger partial charge in [0, 0.05) is 23.8 Å². The third-order valence-electron chi connectivity index (χ3n) is 2.09. The summed E-state index contributed by atoms with van der Waals surface area (Å²) in [5, 5.41) is 6.74. The van der Waals surface area contributed by atoms with Crippen molar-refractivity contribution in [1.29, 1.82) is 0 Å². The molecule has 1 heterocycles. The topological polar surface area (TPSA) is 24.9 Å². The third kappa shape index (κ3) is 3.39. The van der Waals surface area contributed by atoms with Gasteiger partial charge in [-0.1, -0.05) is 27.7 Å². The number of hydrogen-bond acceptors (Lipinski definition) is 3. The minimum Gasteiger partial charge on any atom is -0.317 e. The molecule has 0 fully saturated rings. The minimum atomic E-state index is 0.187. The Labute approximate surface area is 90.8 Å². The van der Waals surface area contributed by atoms with Crippen LogP contribution in [0.5, 0.6) is 0 Å². The van der Waals surface area contributed by atoms with Crippen LogP contribution in [0.25, 0.3) is 0 Å². The first-order valence-corrected chi connectivity index (χ1v) is 6.07. The molecule has 1 aromatic rings. The monoisotopic (exact) mass is 212 g/mol. The number of nitrogens with zero attached hydrogens (tertiary/aromatic N) is 1. The summed E-state index contributed by atoms with van der Waals surface area (Å²) in [6.45, 7) is 10.8. The summed E-state index contributed by atoms with van der Waals surface area (Å²) in [5.74, 6) is 0. The smallest absolute Gasteiger partial charge is 0.0941 e. The summed E-state index contributed by atoms with van der Waals surface area (Å²) >= 11 is 1.78. The van der Waals surface area contributed by atoms with Gasteiger partial charge in [0.2, 0.25) is 0 Å². The van der Waals surface area contributed by atoms with Gasteiger partial charge < -0.3 is 5.32 Å². The van der Waals surface area contributed by atoms with Crippen molar-refractivity contribution in [3.63, 3.8) is 0 Å². The van der Waals surface area contributed by atoms with Gasteiger partial charge in [0.15, 0.2) is 0 Å². The zero-order chi connectivity index (χ0) is 10.6. The Kier molecular flexibility index (Phi) is 4.08. The predicted octanol–water partition coefficient (Wildman–Crippen LogP) is 2.59. The van der Waals surface area contributed by atoms with Crippen molar-refractivity contribution in [2.75, 3.05) is 13.1 Å². The van der Waals surface area contributed by atoms with E-state index in [2.05, 4.69) is 43.4 Å². The first-order valence-electron chi connectivity index (χ1n) is 5.19. The van der Waals surface area contributed by atoms with Crippen LogP contribution in [0.2, 0.25) is 0 Å². The quantitative estimate of drug-likeness (QED) is 0.776. The molecule has 0 saturated carbocycles. The molecule has 0 amide bonds. The minimum absolute atomic E-state index is 0.187. The fourth-order valence-corrected chi connectivity index (χ4v) is 2.17. The highest BCUT2D eigenvalue weighted by Gasteiger charge is 2.16. The highest BCUT2D eigenvalue weighted by atomic mass is 32.1. The van der Waals surface area contributed by atoms with Crippen molar-refractivity contribution in [2.45, 2.75) is 39.5 Å². The molecule has 0 aliphatic rings. The van der Waals surface area contributed by atoms with Crippen LogP contribution in [-0.4, -0.2) is 18.1 Å². The Morgan fingerprint density at radius 2 is 2.14 bits per heavy atom. The molecule has 1 aromatic heterocycles. The van der Waals surface area contributed by atoms with E-state index in [0.717, 1.165) is 19.5 Å². The van der Waals surface area contributed by atoms with Crippen molar-refractivity contribution in [1.82, 2.24) is 10.3 Å². The molecule has 1 N–H and O–H groups in total. The average molecular weight is 212 g/mol. The Morgan fingerprint density at radius 1 is 1.43 bits per heavy atom. The lowest BCUT2D eigenvalue weighted by molar-refractivity contribution is 0.570. The van der Waals surface area contributed by atoms with Gasteiger partial charge in [0.05, 0.1) is 10.7 Å². The van der Waals surface area contributed by atoms with E-state index in [-0.39, 0.29) is 5.41 Å². The number of rotatable bonds is 4. The number of nitrogens with one attached hydrogen (secondary N) is 1. The van der Waals surface area contributed by atoms with Crippen molar-refractivity contribution in [3.05, 3.63) is 16.1 Å². The number of aromatic nitrogens is 1. The Bertz CT molecular complexity index is 273. The molecular formula is C11H20N2S. The number of thiazole rings is 1. The fourth-order valence-electron chi connectivity index (χ4n) is 1.14. The van der Waals surface area contributed by atoms with Gasteiger partial charge in [-0.25, -0.2) is 4.98 Å². The van der Waals surface area contributed by atoms with E-state index in [9.17, 15) is 0 Å². The first-order chi connectivity index (χ1) is 6.54. The summed E-state index contributed by atoms with van der Waals surface area (Å²) in [5.41, 5.74) is 1.40. The molecule has 0 spiro atoms. The second-order valence-electron chi connectivity index (χ2n) is 4.48. The SMILES string of the molecule is CCNCCc1nc(C(C)(C)C)cs1. The molecule has 3 heteroatoms. The lowest BCUT2D eigenvalue weighted by atomic mass is 9.93. The van der Waals surface area contributed by atoms with Crippen LogP contribution in [0.3, 0.4) is 0 Å².